The summed E-state index contributed by atoms with van der Waals surface area (Å²) in [6.45, 7) is 7.89. The second kappa shape index (κ2) is 8.65. The molecule has 1 fully saturated rings. The third-order valence-electron chi connectivity index (χ3n) is 4.05. The van der Waals surface area contributed by atoms with Crippen molar-refractivity contribution in [3.8, 4) is 0 Å². The zero-order chi connectivity index (χ0) is 15.9. The van der Waals surface area contributed by atoms with Crippen molar-refractivity contribution in [3.05, 3.63) is 21.9 Å². The lowest BCUT2D eigenvalue weighted by Gasteiger charge is -2.31. The van der Waals surface area contributed by atoms with Gasteiger partial charge in [-0.05, 0) is 50.3 Å². The van der Waals surface area contributed by atoms with E-state index in [2.05, 4.69) is 11.8 Å². The molecule has 1 aliphatic rings. The largest absolute Gasteiger partial charge is 0.462 e. The highest BCUT2D eigenvalue weighted by atomic mass is 32.1. The molecule has 1 aromatic heterocycles. The van der Waals surface area contributed by atoms with Crippen LogP contribution >= 0.6 is 11.3 Å². The summed E-state index contributed by atoms with van der Waals surface area (Å²) in [5.41, 5.74) is 0. The Kier molecular flexibility index (Phi) is 6.86. The van der Waals surface area contributed by atoms with Crippen LogP contribution in [0.15, 0.2) is 12.1 Å². The van der Waals surface area contributed by atoms with Gasteiger partial charge in [0.25, 0.3) is 0 Å². The first-order valence-electron chi connectivity index (χ1n) is 8.27. The van der Waals surface area contributed by atoms with E-state index in [1.807, 2.05) is 13.0 Å². The monoisotopic (exact) mass is 325 g/mol. The van der Waals surface area contributed by atoms with E-state index >= 15 is 0 Å². The molecule has 0 saturated carbocycles. The molecule has 2 unspecified atom stereocenters. The van der Waals surface area contributed by atoms with Crippen LogP contribution in [0.2, 0.25) is 0 Å². The van der Waals surface area contributed by atoms with Gasteiger partial charge in [-0.15, -0.1) is 11.3 Å². The lowest BCUT2D eigenvalue weighted by atomic mass is 10.00. The van der Waals surface area contributed by atoms with Gasteiger partial charge >= 0.3 is 5.97 Å². The Balaban J connectivity index is 1.81. The van der Waals surface area contributed by atoms with Crippen LogP contribution < -0.4 is 0 Å². The summed E-state index contributed by atoms with van der Waals surface area (Å²) in [5, 5.41) is 10.3. The normalized spacial score (nSPS) is 20.8. The number of hydrogen-bond donors (Lipinski definition) is 1. The molecule has 5 heteroatoms. The molecule has 124 valence electrons. The Morgan fingerprint density at radius 3 is 3.09 bits per heavy atom. The van der Waals surface area contributed by atoms with Crippen molar-refractivity contribution in [2.24, 2.45) is 5.92 Å². The number of esters is 1. The minimum absolute atomic E-state index is 0.282. The first-order chi connectivity index (χ1) is 10.6. The lowest BCUT2D eigenvalue weighted by molar-refractivity contribution is 0.0511. The molecule has 1 saturated heterocycles. The number of piperidine rings is 1. The zero-order valence-corrected chi connectivity index (χ0v) is 14.4. The predicted octanol–water partition coefficient (Wildman–Crippen LogP) is 3.47. The Bertz CT molecular complexity index is 474. The summed E-state index contributed by atoms with van der Waals surface area (Å²) >= 11 is 1.34. The molecule has 0 radical (unpaired) electrons. The Morgan fingerprint density at radius 2 is 2.36 bits per heavy atom. The highest BCUT2D eigenvalue weighted by molar-refractivity contribution is 7.14. The van der Waals surface area contributed by atoms with Gasteiger partial charge in [0.15, 0.2) is 0 Å². The van der Waals surface area contributed by atoms with E-state index in [4.69, 9.17) is 4.74 Å². The van der Waals surface area contributed by atoms with E-state index in [0.29, 0.717) is 11.5 Å². The van der Waals surface area contributed by atoms with Crippen LogP contribution in [0.25, 0.3) is 0 Å². The second-order valence-corrected chi connectivity index (χ2v) is 7.31. The summed E-state index contributed by atoms with van der Waals surface area (Å²) in [6.07, 6.45) is 3.61. The first-order valence-corrected chi connectivity index (χ1v) is 9.09. The number of ether oxygens (including phenoxy) is 1. The van der Waals surface area contributed by atoms with E-state index < -0.39 is 6.10 Å². The molecule has 2 heterocycles. The third-order valence-corrected chi connectivity index (χ3v) is 5.22. The summed E-state index contributed by atoms with van der Waals surface area (Å²) in [4.78, 5) is 15.6. The Hall–Kier alpha value is -0.910. The van der Waals surface area contributed by atoms with Gasteiger partial charge in [-0.2, -0.15) is 0 Å². The molecule has 1 aliphatic heterocycles. The number of carbonyl (C=O) groups excluding carboxylic acids is 1. The van der Waals surface area contributed by atoms with Crippen LogP contribution in [0.5, 0.6) is 0 Å². The smallest absolute Gasteiger partial charge is 0.348 e. The highest BCUT2D eigenvalue weighted by Crippen LogP contribution is 2.27. The average molecular weight is 325 g/mol. The number of aliphatic hydroxyl groups is 1. The van der Waals surface area contributed by atoms with Gasteiger partial charge in [0.2, 0.25) is 0 Å². The van der Waals surface area contributed by atoms with E-state index in [9.17, 15) is 9.90 Å². The number of carbonyl (C=O) groups is 1. The molecular formula is C17H27NO3S. The molecule has 1 aromatic rings. The summed E-state index contributed by atoms with van der Waals surface area (Å²) < 4.78 is 5.12. The standard InChI is InChI=1S/C17H27NO3S/c1-3-11-21-17(20)16-7-6-15(22-16)14(19)8-10-18-9-4-5-13(2)12-18/h6-7,13-14,19H,3-5,8-12H2,1-2H3. The predicted molar refractivity (Wildman–Crippen MR) is 89.3 cm³/mol. The van der Waals surface area contributed by atoms with Gasteiger partial charge in [-0.3, -0.25) is 0 Å². The minimum Gasteiger partial charge on any atom is -0.462 e. The molecule has 1 N–H and O–H groups in total. The molecule has 0 amide bonds. The van der Waals surface area contributed by atoms with Crippen LogP contribution in [0, 0.1) is 5.92 Å². The Morgan fingerprint density at radius 1 is 1.55 bits per heavy atom. The van der Waals surface area contributed by atoms with Crippen molar-refractivity contribution in [2.45, 2.75) is 45.6 Å². The molecule has 2 rings (SSSR count). The average Bonchev–Trinajstić information content (AvgIpc) is 3.00. The first kappa shape index (κ1) is 17.4. The van der Waals surface area contributed by atoms with Crippen molar-refractivity contribution in [3.63, 3.8) is 0 Å². The topological polar surface area (TPSA) is 49.8 Å². The molecule has 4 nitrogen and oxygen atoms in total. The van der Waals surface area contributed by atoms with Gasteiger partial charge in [-0.1, -0.05) is 13.8 Å². The third kappa shape index (κ3) is 5.07. The quantitative estimate of drug-likeness (QED) is 0.780. The molecule has 2 atom stereocenters. The van der Waals surface area contributed by atoms with Crippen molar-refractivity contribution < 1.29 is 14.6 Å². The van der Waals surface area contributed by atoms with Crippen LogP contribution in [-0.2, 0) is 4.74 Å². The number of rotatable bonds is 7. The molecule has 22 heavy (non-hydrogen) atoms. The maximum Gasteiger partial charge on any atom is 0.348 e. The van der Waals surface area contributed by atoms with Crippen LogP contribution in [-0.4, -0.2) is 42.2 Å². The van der Waals surface area contributed by atoms with Gasteiger partial charge in [0.1, 0.15) is 4.88 Å². The molecule has 0 aromatic carbocycles. The second-order valence-electron chi connectivity index (χ2n) is 6.19. The van der Waals surface area contributed by atoms with Crippen molar-refractivity contribution >= 4 is 17.3 Å². The van der Waals surface area contributed by atoms with E-state index in [-0.39, 0.29) is 5.97 Å². The maximum atomic E-state index is 11.8. The summed E-state index contributed by atoms with van der Waals surface area (Å²) in [6, 6.07) is 3.60. The van der Waals surface area contributed by atoms with E-state index in [1.54, 1.807) is 6.07 Å². The number of nitrogens with zero attached hydrogens (tertiary/aromatic N) is 1. The van der Waals surface area contributed by atoms with Crippen molar-refractivity contribution in [1.29, 1.82) is 0 Å². The Labute approximate surface area is 137 Å². The fraction of sp³-hybridized carbons (Fsp3) is 0.706. The fourth-order valence-electron chi connectivity index (χ4n) is 2.84. The SMILES string of the molecule is CCCOC(=O)c1ccc(C(O)CCN2CCCC(C)C2)s1. The highest BCUT2D eigenvalue weighted by Gasteiger charge is 2.19. The van der Waals surface area contributed by atoms with Crippen molar-refractivity contribution in [1.82, 2.24) is 4.90 Å². The van der Waals surface area contributed by atoms with E-state index in [0.717, 1.165) is 43.3 Å². The lowest BCUT2D eigenvalue weighted by Crippen LogP contribution is -2.35. The van der Waals surface area contributed by atoms with Crippen LogP contribution in [0.4, 0.5) is 0 Å². The molecule has 0 spiro atoms. The number of thiophene rings is 1. The minimum atomic E-state index is -0.491. The molecule has 0 aliphatic carbocycles. The number of likely N-dealkylation sites (tertiary alicyclic amines) is 1. The van der Waals surface area contributed by atoms with Crippen LogP contribution in [0.1, 0.15) is 60.2 Å². The summed E-state index contributed by atoms with van der Waals surface area (Å²) in [5.74, 6) is 0.475. The van der Waals surface area contributed by atoms with Gasteiger partial charge in [0.05, 0.1) is 12.7 Å². The van der Waals surface area contributed by atoms with Gasteiger partial charge in [-0.25, -0.2) is 4.79 Å². The number of aliphatic hydroxyl groups excluding tert-OH is 1. The van der Waals surface area contributed by atoms with Crippen LogP contribution in [0.3, 0.4) is 0 Å². The fourth-order valence-corrected chi connectivity index (χ4v) is 3.77. The maximum absolute atomic E-state index is 11.8. The van der Waals surface area contributed by atoms with Gasteiger partial charge in [0, 0.05) is 18.0 Å². The van der Waals surface area contributed by atoms with Crippen molar-refractivity contribution in [2.75, 3.05) is 26.2 Å². The molecular weight excluding hydrogens is 298 g/mol. The van der Waals surface area contributed by atoms with Gasteiger partial charge < -0.3 is 14.7 Å². The zero-order valence-electron chi connectivity index (χ0n) is 13.6. The molecule has 0 bridgehead atoms. The van der Waals surface area contributed by atoms with E-state index in [1.165, 1.54) is 24.2 Å². The summed E-state index contributed by atoms with van der Waals surface area (Å²) in [7, 11) is 0. The number of hydrogen-bond acceptors (Lipinski definition) is 5.